The molecule has 0 saturated carbocycles. The maximum Gasteiger partial charge on any atom is 0.310 e. The molecule has 0 radical (unpaired) electrons. The topological polar surface area (TPSA) is 78.9 Å². The molecule has 0 aromatic heterocycles. The number of rotatable bonds is 11. The van der Waals surface area contributed by atoms with E-state index in [0.717, 1.165) is 0 Å². The Balaban J connectivity index is 4.94. The predicted octanol–water partition coefficient (Wildman–Crippen LogP) is 3.23. The highest BCUT2D eigenvalue weighted by atomic mass is 16.5. The Morgan fingerprint density at radius 3 is 1.48 bits per heavy atom. The Morgan fingerprint density at radius 1 is 0.640 bits per heavy atom. The van der Waals surface area contributed by atoms with Crippen molar-refractivity contribution in [2.24, 2.45) is 29.6 Å². The van der Waals surface area contributed by atoms with Crippen LogP contribution in [0.15, 0.2) is 0 Å². The zero-order valence-corrected chi connectivity index (χ0v) is 16.7. The summed E-state index contributed by atoms with van der Waals surface area (Å²) in [4.78, 5) is 36.6. The van der Waals surface area contributed by atoms with Crippen molar-refractivity contribution in [3.63, 3.8) is 0 Å². The first-order valence-corrected chi connectivity index (χ1v) is 9.03. The molecule has 0 saturated heterocycles. The second kappa shape index (κ2) is 11.9. The van der Waals surface area contributed by atoms with Gasteiger partial charge in [-0.15, -0.1) is 0 Å². The van der Waals surface area contributed by atoms with Gasteiger partial charge in [0.05, 0.1) is 38.1 Å². The number of esters is 3. The van der Waals surface area contributed by atoms with Crippen LogP contribution < -0.4 is 0 Å². The summed E-state index contributed by atoms with van der Waals surface area (Å²) in [5, 5.41) is 0. The SMILES string of the molecule is CC(C)COC(=O)CC(C(=O)OCC(C)C)C(C)C(=O)OCC(C)C. The zero-order valence-electron chi connectivity index (χ0n) is 16.7. The van der Waals surface area contributed by atoms with E-state index in [0.29, 0.717) is 0 Å². The van der Waals surface area contributed by atoms with Crippen molar-refractivity contribution in [3.05, 3.63) is 0 Å². The fraction of sp³-hybridized carbons (Fsp3) is 0.842. The van der Waals surface area contributed by atoms with Gasteiger partial charge in [-0.05, 0) is 17.8 Å². The molecule has 0 rings (SSSR count). The van der Waals surface area contributed by atoms with Gasteiger partial charge in [-0.25, -0.2) is 0 Å². The van der Waals surface area contributed by atoms with Crippen LogP contribution in [0.3, 0.4) is 0 Å². The molecule has 0 aliphatic carbocycles. The number of hydrogen-bond donors (Lipinski definition) is 0. The van der Waals surface area contributed by atoms with E-state index in [1.807, 2.05) is 41.5 Å². The van der Waals surface area contributed by atoms with Gasteiger partial charge in [0.1, 0.15) is 0 Å². The van der Waals surface area contributed by atoms with Crippen LogP contribution in [0.25, 0.3) is 0 Å². The lowest BCUT2D eigenvalue weighted by atomic mass is 9.91. The number of ether oxygens (including phenoxy) is 3. The molecule has 0 N–H and O–H groups in total. The molecular weight excluding hydrogens is 324 g/mol. The number of carbonyl (C=O) groups excluding carboxylic acids is 3. The Kier molecular flexibility index (Phi) is 11.1. The van der Waals surface area contributed by atoms with Gasteiger partial charge >= 0.3 is 17.9 Å². The van der Waals surface area contributed by atoms with E-state index in [-0.39, 0.29) is 44.0 Å². The van der Waals surface area contributed by atoms with Crippen LogP contribution in [0.5, 0.6) is 0 Å². The molecule has 0 aromatic rings. The van der Waals surface area contributed by atoms with Gasteiger partial charge < -0.3 is 14.2 Å². The molecule has 6 heteroatoms. The minimum absolute atomic E-state index is 0.167. The molecule has 0 bridgehead atoms. The smallest absolute Gasteiger partial charge is 0.310 e. The fourth-order valence-corrected chi connectivity index (χ4v) is 1.86. The summed E-state index contributed by atoms with van der Waals surface area (Å²) in [5.41, 5.74) is 0. The fourth-order valence-electron chi connectivity index (χ4n) is 1.86. The van der Waals surface area contributed by atoms with Crippen LogP contribution in [0.4, 0.5) is 0 Å². The van der Waals surface area contributed by atoms with Crippen molar-refractivity contribution in [2.75, 3.05) is 19.8 Å². The maximum atomic E-state index is 12.4. The molecule has 2 atom stereocenters. The van der Waals surface area contributed by atoms with Crippen molar-refractivity contribution in [1.82, 2.24) is 0 Å². The Labute approximate surface area is 151 Å². The molecule has 6 nitrogen and oxygen atoms in total. The average molecular weight is 358 g/mol. The van der Waals surface area contributed by atoms with Crippen molar-refractivity contribution in [3.8, 4) is 0 Å². The Morgan fingerprint density at radius 2 is 1.04 bits per heavy atom. The minimum atomic E-state index is -0.905. The third kappa shape index (κ3) is 10.8. The van der Waals surface area contributed by atoms with E-state index < -0.39 is 29.7 Å². The summed E-state index contributed by atoms with van der Waals surface area (Å²) in [6, 6.07) is 0. The molecule has 0 amide bonds. The molecule has 146 valence electrons. The van der Waals surface area contributed by atoms with Crippen molar-refractivity contribution < 1.29 is 28.6 Å². The van der Waals surface area contributed by atoms with Crippen LogP contribution in [-0.4, -0.2) is 37.7 Å². The highest BCUT2D eigenvalue weighted by Gasteiger charge is 2.35. The van der Waals surface area contributed by atoms with Crippen LogP contribution in [0.2, 0.25) is 0 Å². The first-order chi connectivity index (χ1) is 11.5. The van der Waals surface area contributed by atoms with Gasteiger partial charge in [0.25, 0.3) is 0 Å². The van der Waals surface area contributed by atoms with Gasteiger partial charge in [0, 0.05) is 0 Å². The van der Waals surface area contributed by atoms with Crippen molar-refractivity contribution in [1.29, 1.82) is 0 Å². The molecule has 2 unspecified atom stereocenters. The van der Waals surface area contributed by atoms with Gasteiger partial charge in [0.15, 0.2) is 0 Å². The highest BCUT2D eigenvalue weighted by molar-refractivity contribution is 5.85. The zero-order chi connectivity index (χ0) is 19.6. The molecular formula is C19H34O6. The van der Waals surface area contributed by atoms with Crippen LogP contribution in [0.1, 0.15) is 54.9 Å². The Bertz CT molecular complexity index is 428. The van der Waals surface area contributed by atoms with E-state index in [9.17, 15) is 14.4 Å². The van der Waals surface area contributed by atoms with Gasteiger partial charge in [-0.2, -0.15) is 0 Å². The van der Waals surface area contributed by atoms with E-state index in [4.69, 9.17) is 14.2 Å². The summed E-state index contributed by atoms with van der Waals surface area (Å²) in [6.45, 7) is 13.9. The number of hydrogen-bond acceptors (Lipinski definition) is 6. The molecule has 25 heavy (non-hydrogen) atoms. The molecule has 0 aliphatic rings. The van der Waals surface area contributed by atoms with E-state index >= 15 is 0 Å². The lowest BCUT2D eigenvalue weighted by molar-refractivity contribution is -0.165. The third-order valence-corrected chi connectivity index (χ3v) is 3.36. The molecule has 0 fully saturated rings. The second-order valence-electron chi connectivity index (χ2n) is 7.72. The monoisotopic (exact) mass is 358 g/mol. The summed E-state index contributed by atoms with van der Waals surface area (Å²) >= 11 is 0. The highest BCUT2D eigenvalue weighted by Crippen LogP contribution is 2.21. The van der Waals surface area contributed by atoms with Crippen molar-refractivity contribution in [2.45, 2.75) is 54.9 Å². The van der Waals surface area contributed by atoms with Gasteiger partial charge in [-0.3, -0.25) is 14.4 Å². The third-order valence-electron chi connectivity index (χ3n) is 3.36. The summed E-state index contributed by atoms with van der Waals surface area (Å²) in [7, 11) is 0. The second-order valence-corrected chi connectivity index (χ2v) is 7.72. The first kappa shape index (κ1) is 23.4. The molecule has 0 spiro atoms. The minimum Gasteiger partial charge on any atom is -0.465 e. The van der Waals surface area contributed by atoms with Gasteiger partial charge in [0.2, 0.25) is 0 Å². The average Bonchev–Trinajstić information content (AvgIpc) is 2.52. The first-order valence-electron chi connectivity index (χ1n) is 9.03. The number of carbonyl (C=O) groups is 3. The molecule has 0 aliphatic heterocycles. The standard InChI is InChI=1S/C19H34O6/c1-12(2)9-23-17(20)8-16(19(22)25-11-14(5)6)15(7)18(21)24-10-13(3)4/h12-16H,8-11H2,1-7H3. The predicted molar refractivity (Wildman–Crippen MR) is 94.7 cm³/mol. The van der Waals surface area contributed by atoms with E-state index in [1.54, 1.807) is 6.92 Å². The van der Waals surface area contributed by atoms with Crippen LogP contribution >= 0.6 is 0 Å². The van der Waals surface area contributed by atoms with Gasteiger partial charge in [-0.1, -0.05) is 48.5 Å². The van der Waals surface area contributed by atoms with E-state index in [2.05, 4.69) is 0 Å². The Hall–Kier alpha value is -1.59. The molecule has 0 aromatic carbocycles. The van der Waals surface area contributed by atoms with Crippen molar-refractivity contribution >= 4 is 17.9 Å². The van der Waals surface area contributed by atoms with Crippen LogP contribution in [-0.2, 0) is 28.6 Å². The normalized spacial score (nSPS) is 13.7. The maximum absolute atomic E-state index is 12.4. The lowest BCUT2D eigenvalue weighted by Crippen LogP contribution is -2.34. The summed E-state index contributed by atoms with van der Waals surface area (Å²) in [5.74, 6) is -2.70. The summed E-state index contributed by atoms with van der Waals surface area (Å²) in [6.07, 6.45) is -0.193. The lowest BCUT2D eigenvalue weighted by Gasteiger charge is -2.22. The summed E-state index contributed by atoms with van der Waals surface area (Å²) < 4.78 is 15.6. The largest absolute Gasteiger partial charge is 0.465 e. The molecule has 0 heterocycles. The van der Waals surface area contributed by atoms with E-state index in [1.165, 1.54) is 0 Å². The van der Waals surface area contributed by atoms with Crippen LogP contribution in [0, 0.1) is 29.6 Å². The quantitative estimate of drug-likeness (QED) is 0.417.